The molecule has 0 aromatic heterocycles. The topological polar surface area (TPSA) is 29.1 Å². The Labute approximate surface area is 100.0 Å². The first-order valence-electron chi connectivity index (χ1n) is 5.78. The van der Waals surface area contributed by atoms with E-state index < -0.39 is 0 Å². The predicted octanol–water partition coefficient (Wildman–Crippen LogP) is 2.86. The first-order chi connectivity index (χ1) is 7.70. The summed E-state index contributed by atoms with van der Waals surface area (Å²) in [5, 5.41) is 3.92. The van der Waals surface area contributed by atoms with Gasteiger partial charge in [0, 0.05) is 10.9 Å². The van der Waals surface area contributed by atoms with Gasteiger partial charge in [-0.2, -0.15) is 0 Å². The van der Waals surface area contributed by atoms with Crippen LogP contribution in [-0.2, 0) is 10.3 Å². The molecule has 3 heteroatoms. The molecule has 2 saturated carbocycles. The molecule has 0 spiro atoms. The second kappa shape index (κ2) is 3.49. The molecule has 0 aliphatic heterocycles. The van der Waals surface area contributed by atoms with Crippen molar-refractivity contribution in [1.82, 2.24) is 5.32 Å². The van der Waals surface area contributed by atoms with Crippen molar-refractivity contribution in [3.05, 3.63) is 34.9 Å². The Morgan fingerprint density at radius 3 is 2.69 bits per heavy atom. The van der Waals surface area contributed by atoms with Gasteiger partial charge in [-0.15, -0.1) is 0 Å². The van der Waals surface area contributed by atoms with E-state index >= 15 is 0 Å². The summed E-state index contributed by atoms with van der Waals surface area (Å²) in [7, 11) is 0. The fourth-order valence-electron chi connectivity index (χ4n) is 2.08. The molecule has 1 amide bonds. The number of amides is 1. The molecule has 0 radical (unpaired) electrons. The summed E-state index contributed by atoms with van der Waals surface area (Å²) in [5.41, 5.74) is 1.04. The molecule has 2 aliphatic carbocycles. The highest BCUT2D eigenvalue weighted by atomic mass is 35.5. The lowest BCUT2D eigenvalue weighted by atomic mass is 10.0. The zero-order chi connectivity index (χ0) is 11.2. The minimum Gasteiger partial charge on any atom is -0.346 e. The number of rotatable bonds is 3. The third-order valence-corrected chi connectivity index (χ3v) is 3.67. The van der Waals surface area contributed by atoms with Gasteiger partial charge in [-0.05, 0) is 43.4 Å². The smallest absolute Gasteiger partial charge is 0.223 e. The number of halogens is 1. The first kappa shape index (κ1) is 10.2. The van der Waals surface area contributed by atoms with Gasteiger partial charge in [-0.1, -0.05) is 23.7 Å². The van der Waals surface area contributed by atoms with Gasteiger partial charge < -0.3 is 5.32 Å². The monoisotopic (exact) mass is 235 g/mol. The Bertz CT molecular complexity index is 435. The van der Waals surface area contributed by atoms with Crippen molar-refractivity contribution in [2.45, 2.75) is 31.2 Å². The molecule has 0 heterocycles. The van der Waals surface area contributed by atoms with Crippen LogP contribution >= 0.6 is 11.6 Å². The molecule has 0 bridgehead atoms. The van der Waals surface area contributed by atoms with Crippen LogP contribution in [0.2, 0.25) is 5.02 Å². The van der Waals surface area contributed by atoms with Gasteiger partial charge in [-0.3, -0.25) is 4.79 Å². The normalized spacial score (nSPS) is 21.6. The van der Waals surface area contributed by atoms with E-state index in [-0.39, 0.29) is 17.4 Å². The Morgan fingerprint density at radius 2 is 2.12 bits per heavy atom. The minimum absolute atomic E-state index is 0.107. The molecule has 0 unspecified atom stereocenters. The maximum Gasteiger partial charge on any atom is 0.223 e. The largest absolute Gasteiger partial charge is 0.346 e. The number of hydrogen-bond donors (Lipinski definition) is 1. The first-order valence-corrected chi connectivity index (χ1v) is 6.15. The van der Waals surface area contributed by atoms with Crippen molar-refractivity contribution in [3.8, 4) is 0 Å². The van der Waals surface area contributed by atoms with Crippen LogP contribution in [0.25, 0.3) is 0 Å². The standard InChI is InChI=1S/C13H14ClNO/c14-11-3-1-2-10(8-11)13(6-7-13)15-12(16)9-4-5-9/h1-3,8-9H,4-7H2,(H,15,16). The molecule has 3 rings (SSSR count). The molecular formula is C13H14ClNO. The zero-order valence-corrected chi connectivity index (χ0v) is 9.76. The Morgan fingerprint density at radius 1 is 1.38 bits per heavy atom. The van der Waals surface area contributed by atoms with Gasteiger partial charge >= 0.3 is 0 Å². The summed E-state index contributed by atoms with van der Waals surface area (Å²) >= 11 is 5.98. The van der Waals surface area contributed by atoms with E-state index in [1.165, 1.54) is 0 Å². The number of nitrogens with one attached hydrogen (secondary N) is 1. The van der Waals surface area contributed by atoms with Crippen LogP contribution in [0, 0.1) is 5.92 Å². The Hall–Kier alpha value is -1.02. The average Bonchev–Trinajstić information content (AvgIpc) is 3.13. The third kappa shape index (κ3) is 1.82. The molecule has 0 atom stereocenters. The molecule has 0 saturated heterocycles. The van der Waals surface area contributed by atoms with E-state index in [4.69, 9.17) is 11.6 Å². The number of benzene rings is 1. The predicted molar refractivity (Wildman–Crippen MR) is 63.2 cm³/mol. The van der Waals surface area contributed by atoms with Crippen LogP contribution in [-0.4, -0.2) is 5.91 Å². The summed E-state index contributed by atoms with van der Waals surface area (Å²) in [5.74, 6) is 0.495. The lowest BCUT2D eigenvalue weighted by molar-refractivity contribution is -0.123. The molecule has 2 nitrogen and oxygen atoms in total. The van der Waals surface area contributed by atoms with Crippen molar-refractivity contribution in [3.63, 3.8) is 0 Å². The van der Waals surface area contributed by atoms with Gasteiger partial charge in [0.15, 0.2) is 0 Å². The molecule has 1 N–H and O–H groups in total. The highest BCUT2D eigenvalue weighted by molar-refractivity contribution is 6.30. The molecule has 1 aromatic rings. The summed E-state index contributed by atoms with van der Waals surface area (Å²) in [6, 6.07) is 7.82. The Balaban J connectivity index is 1.79. The van der Waals surface area contributed by atoms with E-state index in [9.17, 15) is 4.79 Å². The van der Waals surface area contributed by atoms with Crippen molar-refractivity contribution < 1.29 is 4.79 Å². The van der Waals surface area contributed by atoms with Crippen molar-refractivity contribution in [1.29, 1.82) is 0 Å². The highest BCUT2D eigenvalue weighted by Crippen LogP contribution is 2.47. The highest BCUT2D eigenvalue weighted by Gasteiger charge is 2.47. The van der Waals surface area contributed by atoms with E-state index in [0.29, 0.717) is 0 Å². The van der Waals surface area contributed by atoms with Crippen molar-refractivity contribution >= 4 is 17.5 Å². The van der Waals surface area contributed by atoms with Gasteiger partial charge in [0.05, 0.1) is 5.54 Å². The number of hydrogen-bond acceptors (Lipinski definition) is 1. The lowest BCUT2D eigenvalue weighted by Crippen LogP contribution is -2.35. The molecular weight excluding hydrogens is 222 g/mol. The van der Waals surface area contributed by atoms with Crippen LogP contribution in [0.15, 0.2) is 24.3 Å². The van der Waals surface area contributed by atoms with Crippen LogP contribution in [0.5, 0.6) is 0 Å². The molecule has 2 aliphatic rings. The zero-order valence-electron chi connectivity index (χ0n) is 9.00. The molecule has 16 heavy (non-hydrogen) atoms. The average molecular weight is 236 g/mol. The number of carbonyl (C=O) groups excluding carboxylic acids is 1. The van der Waals surface area contributed by atoms with E-state index in [0.717, 1.165) is 36.3 Å². The summed E-state index contributed by atoms with van der Waals surface area (Å²) in [6.07, 6.45) is 4.17. The fourth-order valence-corrected chi connectivity index (χ4v) is 2.27. The maximum atomic E-state index is 11.8. The number of carbonyl (C=O) groups is 1. The summed E-state index contributed by atoms with van der Waals surface area (Å²) < 4.78 is 0. The second-order valence-electron chi connectivity index (χ2n) is 4.86. The molecule has 2 fully saturated rings. The van der Waals surface area contributed by atoms with Crippen LogP contribution in [0.1, 0.15) is 31.2 Å². The van der Waals surface area contributed by atoms with Crippen molar-refractivity contribution in [2.24, 2.45) is 5.92 Å². The second-order valence-corrected chi connectivity index (χ2v) is 5.29. The maximum absolute atomic E-state index is 11.8. The van der Waals surface area contributed by atoms with E-state index in [1.54, 1.807) is 0 Å². The third-order valence-electron chi connectivity index (χ3n) is 3.44. The van der Waals surface area contributed by atoms with E-state index in [1.807, 2.05) is 24.3 Å². The van der Waals surface area contributed by atoms with Gasteiger partial charge in [0.2, 0.25) is 5.91 Å². The minimum atomic E-state index is -0.107. The quantitative estimate of drug-likeness (QED) is 0.858. The van der Waals surface area contributed by atoms with Gasteiger partial charge in [-0.25, -0.2) is 0 Å². The Kier molecular flexibility index (Phi) is 2.21. The van der Waals surface area contributed by atoms with Gasteiger partial charge in [0.1, 0.15) is 0 Å². The van der Waals surface area contributed by atoms with Gasteiger partial charge in [0.25, 0.3) is 0 Å². The fraction of sp³-hybridized carbons (Fsp3) is 0.462. The van der Waals surface area contributed by atoms with Crippen LogP contribution < -0.4 is 5.32 Å². The van der Waals surface area contributed by atoms with Crippen LogP contribution in [0.4, 0.5) is 0 Å². The van der Waals surface area contributed by atoms with E-state index in [2.05, 4.69) is 5.32 Å². The summed E-state index contributed by atoms with van der Waals surface area (Å²) in [4.78, 5) is 11.8. The SMILES string of the molecule is O=C(NC1(c2cccc(Cl)c2)CC1)C1CC1. The van der Waals surface area contributed by atoms with Crippen LogP contribution in [0.3, 0.4) is 0 Å². The lowest BCUT2D eigenvalue weighted by Gasteiger charge is -2.18. The molecule has 1 aromatic carbocycles. The summed E-state index contributed by atoms with van der Waals surface area (Å²) in [6.45, 7) is 0. The molecule has 84 valence electrons. The van der Waals surface area contributed by atoms with Crippen molar-refractivity contribution in [2.75, 3.05) is 0 Å².